The van der Waals surface area contributed by atoms with Gasteiger partial charge in [-0.2, -0.15) is 0 Å². The lowest BCUT2D eigenvalue weighted by molar-refractivity contribution is 0.160. The maximum atomic E-state index is 9.63. The number of aliphatic hydroxyl groups excluding tert-OH is 1. The minimum absolute atomic E-state index is 0.251. The third-order valence-corrected chi connectivity index (χ3v) is 3.75. The Hall–Kier alpha value is -1.23. The molecule has 0 saturated heterocycles. The smallest absolute Gasteiger partial charge is 0.107 e. The molecule has 1 aromatic heterocycles. The second kappa shape index (κ2) is 7.38. The number of aromatic nitrogens is 1. The van der Waals surface area contributed by atoms with E-state index < -0.39 is 0 Å². The van der Waals surface area contributed by atoms with Crippen LogP contribution in [-0.2, 0) is 6.54 Å². The second-order valence-electron chi connectivity index (χ2n) is 4.57. The van der Waals surface area contributed by atoms with Gasteiger partial charge >= 0.3 is 0 Å². The Bertz CT molecular complexity index is 484. The van der Waals surface area contributed by atoms with Gasteiger partial charge in [0.15, 0.2) is 0 Å². The van der Waals surface area contributed by atoms with Crippen LogP contribution in [0, 0.1) is 0 Å². The summed E-state index contributed by atoms with van der Waals surface area (Å²) in [6.07, 6.45) is 1.61. The standard InChI is InChI=1S/C15H20N2OS/c1-2-6-13(18)9-16-10-15-17-14(11-19-15)12-7-4-3-5-8-12/h3-5,7-8,11,13,16,18H,2,6,9-10H2,1H3. The van der Waals surface area contributed by atoms with Crippen LogP contribution in [0.15, 0.2) is 35.7 Å². The molecule has 0 spiro atoms. The number of hydrogen-bond donors (Lipinski definition) is 2. The maximum Gasteiger partial charge on any atom is 0.107 e. The summed E-state index contributed by atoms with van der Waals surface area (Å²) < 4.78 is 0. The van der Waals surface area contributed by atoms with Crippen molar-refractivity contribution >= 4 is 11.3 Å². The van der Waals surface area contributed by atoms with Crippen LogP contribution in [0.2, 0.25) is 0 Å². The summed E-state index contributed by atoms with van der Waals surface area (Å²) in [5, 5.41) is 16.0. The fourth-order valence-electron chi connectivity index (χ4n) is 1.91. The molecule has 0 aliphatic carbocycles. The van der Waals surface area contributed by atoms with Gasteiger partial charge in [-0.1, -0.05) is 43.7 Å². The molecule has 0 amide bonds. The molecular weight excluding hydrogens is 256 g/mol. The molecule has 0 aliphatic rings. The molecule has 3 nitrogen and oxygen atoms in total. The summed E-state index contributed by atoms with van der Waals surface area (Å²) in [5.41, 5.74) is 2.17. The highest BCUT2D eigenvalue weighted by molar-refractivity contribution is 7.09. The number of thiazole rings is 1. The normalized spacial score (nSPS) is 12.5. The van der Waals surface area contributed by atoms with E-state index in [0.29, 0.717) is 6.54 Å². The molecule has 0 bridgehead atoms. The minimum Gasteiger partial charge on any atom is -0.392 e. The zero-order valence-corrected chi connectivity index (χ0v) is 12.0. The fraction of sp³-hybridized carbons (Fsp3) is 0.400. The third-order valence-electron chi connectivity index (χ3n) is 2.90. The predicted molar refractivity (Wildman–Crippen MR) is 80.2 cm³/mol. The van der Waals surface area contributed by atoms with Gasteiger partial charge in [-0.15, -0.1) is 11.3 Å². The van der Waals surface area contributed by atoms with Crippen LogP contribution in [0.25, 0.3) is 11.3 Å². The predicted octanol–water partition coefficient (Wildman–Crippen LogP) is 3.06. The van der Waals surface area contributed by atoms with Crippen molar-refractivity contribution in [1.82, 2.24) is 10.3 Å². The molecule has 2 rings (SSSR count). The Labute approximate surface area is 118 Å². The third kappa shape index (κ3) is 4.42. The van der Waals surface area contributed by atoms with Gasteiger partial charge in [0.05, 0.1) is 11.8 Å². The average Bonchev–Trinajstić information content (AvgIpc) is 2.89. The van der Waals surface area contributed by atoms with Gasteiger partial charge in [0.25, 0.3) is 0 Å². The van der Waals surface area contributed by atoms with Crippen LogP contribution < -0.4 is 5.32 Å². The maximum absolute atomic E-state index is 9.63. The molecule has 4 heteroatoms. The SMILES string of the molecule is CCCC(O)CNCc1nc(-c2ccccc2)cs1. The van der Waals surface area contributed by atoms with Crippen LogP contribution in [0.4, 0.5) is 0 Å². The van der Waals surface area contributed by atoms with Crippen LogP contribution >= 0.6 is 11.3 Å². The first-order valence-corrected chi connectivity index (χ1v) is 7.56. The van der Waals surface area contributed by atoms with Crippen molar-refractivity contribution in [3.8, 4) is 11.3 Å². The highest BCUT2D eigenvalue weighted by atomic mass is 32.1. The molecule has 0 aliphatic heterocycles. The average molecular weight is 276 g/mol. The molecular formula is C15H20N2OS. The second-order valence-corrected chi connectivity index (χ2v) is 5.51. The van der Waals surface area contributed by atoms with Crippen molar-refractivity contribution in [2.24, 2.45) is 0 Å². The lowest BCUT2D eigenvalue weighted by Gasteiger charge is -2.09. The summed E-state index contributed by atoms with van der Waals surface area (Å²) in [4.78, 5) is 4.60. The van der Waals surface area contributed by atoms with E-state index in [1.807, 2.05) is 18.2 Å². The Morgan fingerprint density at radius 3 is 2.84 bits per heavy atom. The van der Waals surface area contributed by atoms with E-state index in [1.165, 1.54) is 0 Å². The molecule has 1 aromatic carbocycles. The van der Waals surface area contributed by atoms with Crippen LogP contribution in [-0.4, -0.2) is 22.7 Å². The van der Waals surface area contributed by atoms with Crippen molar-refractivity contribution in [3.63, 3.8) is 0 Å². The van der Waals surface area contributed by atoms with Crippen molar-refractivity contribution in [2.75, 3.05) is 6.54 Å². The molecule has 1 heterocycles. The van der Waals surface area contributed by atoms with Gasteiger partial charge < -0.3 is 10.4 Å². The van der Waals surface area contributed by atoms with Crippen molar-refractivity contribution in [1.29, 1.82) is 0 Å². The number of nitrogens with zero attached hydrogens (tertiary/aromatic N) is 1. The van der Waals surface area contributed by atoms with Gasteiger partial charge in [-0.3, -0.25) is 0 Å². The highest BCUT2D eigenvalue weighted by Gasteiger charge is 2.05. The van der Waals surface area contributed by atoms with Crippen LogP contribution in [0.3, 0.4) is 0 Å². The summed E-state index contributed by atoms with van der Waals surface area (Å²) in [6, 6.07) is 10.2. The van der Waals surface area contributed by atoms with Gasteiger partial charge in [0.1, 0.15) is 5.01 Å². The van der Waals surface area contributed by atoms with Crippen molar-refractivity contribution in [2.45, 2.75) is 32.4 Å². The Morgan fingerprint density at radius 2 is 2.11 bits per heavy atom. The summed E-state index contributed by atoms with van der Waals surface area (Å²) in [5.74, 6) is 0. The zero-order chi connectivity index (χ0) is 13.5. The Balaban J connectivity index is 1.85. The number of nitrogens with one attached hydrogen (secondary N) is 1. The van der Waals surface area contributed by atoms with Gasteiger partial charge in [0.2, 0.25) is 0 Å². The van der Waals surface area contributed by atoms with Gasteiger partial charge in [-0.25, -0.2) is 4.98 Å². The molecule has 0 saturated carbocycles. The lowest BCUT2D eigenvalue weighted by Crippen LogP contribution is -2.26. The van der Waals surface area contributed by atoms with Crippen molar-refractivity contribution < 1.29 is 5.11 Å². The number of rotatable bonds is 7. The number of benzene rings is 1. The monoisotopic (exact) mass is 276 g/mol. The number of aliphatic hydroxyl groups is 1. The molecule has 2 aromatic rings. The molecule has 1 unspecified atom stereocenters. The van der Waals surface area contributed by atoms with E-state index in [9.17, 15) is 5.11 Å². The molecule has 2 N–H and O–H groups in total. The van der Waals surface area contributed by atoms with Crippen LogP contribution in [0.5, 0.6) is 0 Å². The first kappa shape index (κ1) is 14.2. The topological polar surface area (TPSA) is 45.1 Å². The number of hydrogen-bond acceptors (Lipinski definition) is 4. The van der Waals surface area contributed by atoms with Gasteiger partial charge in [0, 0.05) is 24.0 Å². The minimum atomic E-state index is -0.251. The summed E-state index contributed by atoms with van der Waals surface area (Å²) in [7, 11) is 0. The van der Waals surface area contributed by atoms with E-state index in [-0.39, 0.29) is 6.10 Å². The van der Waals surface area contributed by atoms with E-state index in [4.69, 9.17) is 0 Å². The molecule has 0 fully saturated rings. The van der Waals surface area contributed by atoms with Gasteiger partial charge in [-0.05, 0) is 6.42 Å². The van der Waals surface area contributed by atoms with E-state index >= 15 is 0 Å². The zero-order valence-electron chi connectivity index (χ0n) is 11.2. The first-order chi connectivity index (χ1) is 9.29. The van der Waals surface area contributed by atoms with E-state index in [1.54, 1.807) is 11.3 Å². The summed E-state index contributed by atoms with van der Waals surface area (Å²) >= 11 is 1.65. The molecule has 1 atom stereocenters. The first-order valence-electron chi connectivity index (χ1n) is 6.68. The Kier molecular flexibility index (Phi) is 5.51. The molecule has 102 valence electrons. The molecule has 19 heavy (non-hydrogen) atoms. The van der Waals surface area contributed by atoms with E-state index in [0.717, 1.165) is 35.7 Å². The largest absolute Gasteiger partial charge is 0.392 e. The Morgan fingerprint density at radius 1 is 1.32 bits per heavy atom. The quantitative estimate of drug-likeness (QED) is 0.817. The lowest BCUT2D eigenvalue weighted by atomic mass is 10.2. The summed E-state index contributed by atoms with van der Waals surface area (Å²) in [6.45, 7) is 3.43. The van der Waals surface area contributed by atoms with Crippen molar-refractivity contribution in [3.05, 3.63) is 40.7 Å². The molecule has 0 radical (unpaired) electrons. The highest BCUT2D eigenvalue weighted by Crippen LogP contribution is 2.21. The van der Waals surface area contributed by atoms with E-state index in [2.05, 4.69) is 34.7 Å². The van der Waals surface area contributed by atoms with Crippen LogP contribution in [0.1, 0.15) is 24.8 Å². The fourth-order valence-corrected chi connectivity index (χ4v) is 2.69.